The molecule has 0 saturated heterocycles. The van der Waals surface area contributed by atoms with Gasteiger partial charge in [-0.3, -0.25) is 10.1 Å². The summed E-state index contributed by atoms with van der Waals surface area (Å²) in [5.41, 5.74) is 0.217. The molecule has 0 saturated carbocycles. The maximum atomic E-state index is 10.7. The second kappa shape index (κ2) is 5.96. The van der Waals surface area contributed by atoms with Crippen molar-refractivity contribution in [3.8, 4) is 5.75 Å². The molecule has 0 aliphatic rings. The van der Waals surface area contributed by atoms with Crippen LogP contribution in [0.4, 0.5) is 5.69 Å². The molecule has 0 radical (unpaired) electrons. The van der Waals surface area contributed by atoms with Crippen LogP contribution in [0.3, 0.4) is 0 Å². The van der Waals surface area contributed by atoms with Gasteiger partial charge in [-0.2, -0.15) is 4.98 Å². The topological polar surface area (TPSA) is 102 Å². The predicted molar refractivity (Wildman–Crippen MR) is 72.0 cm³/mol. The lowest BCUT2D eigenvalue weighted by Gasteiger charge is -1.97. The Labute approximate surface area is 114 Å². The van der Waals surface area contributed by atoms with Crippen LogP contribution in [0.15, 0.2) is 22.7 Å². The number of hydrogen-bond donors (Lipinski definition) is 1. The summed E-state index contributed by atoms with van der Waals surface area (Å²) in [6.45, 7) is 2.02. The number of phenolic OH excluding ortho intramolecular Hbond substituents is 1. The summed E-state index contributed by atoms with van der Waals surface area (Å²) >= 11 is 0. The Kier molecular flexibility index (Phi) is 4.09. The van der Waals surface area contributed by atoms with E-state index in [0.717, 1.165) is 12.8 Å². The van der Waals surface area contributed by atoms with E-state index in [1.54, 1.807) is 18.2 Å². The van der Waals surface area contributed by atoms with E-state index in [1.807, 2.05) is 6.92 Å². The molecule has 0 fully saturated rings. The van der Waals surface area contributed by atoms with E-state index in [9.17, 15) is 15.2 Å². The molecule has 0 bridgehead atoms. The first-order valence-corrected chi connectivity index (χ1v) is 6.08. The van der Waals surface area contributed by atoms with Gasteiger partial charge in [-0.25, -0.2) is 0 Å². The van der Waals surface area contributed by atoms with E-state index >= 15 is 0 Å². The van der Waals surface area contributed by atoms with E-state index in [-0.39, 0.29) is 11.4 Å². The highest BCUT2D eigenvalue weighted by molar-refractivity contribution is 5.68. The van der Waals surface area contributed by atoms with Crippen LogP contribution in [-0.4, -0.2) is 20.2 Å². The number of nitro groups is 1. The molecule has 0 spiro atoms. The number of phenols is 1. The lowest BCUT2D eigenvalue weighted by Crippen LogP contribution is -1.89. The van der Waals surface area contributed by atoms with Gasteiger partial charge in [-0.15, -0.1) is 0 Å². The van der Waals surface area contributed by atoms with Crippen LogP contribution in [-0.2, 0) is 6.42 Å². The number of rotatable bonds is 5. The van der Waals surface area contributed by atoms with Crippen molar-refractivity contribution in [2.75, 3.05) is 0 Å². The Morgan fingerprint density at radius 1 is 1.45 bits per heavy atom. The van der Waals surface area contributed by atoms with E-state index in [4.69, 9.17) is 4.52 Å². The molecule has 1 aromatic carbocycles. The summed E-state index contributed by atoms with van der Waals surface area (Å²) in [6.07, 6.45) is 4.84. The zero-order chi connectivity index (χ0) is 14.5. The average Bonchev–Trinajstić information content (AvgIpc) is 2.86. The van der Waals surface area contributed by atoms with Crippen molar-refractivity contribution < 1.29 is 14.6 Å². The Balaban J connectivity index is 2.18. The van der Waals surface area contributed by atoms with Gasteiger partial charge in [0, 0.05) is 18.6 Å². The van der Waals surface area contributed by atoms with Crippen LogP contribution in [0.2, 0.25) is 0 Å². The molecule has 2 aromatic rings. The molecule has 1 N–H and O–H groups in total. The Hall–Kier alpha value is -2.70. The van der Waals surface area contributed by atoms with E-state index in [0.29, 0.717) is 17.3 Å². The van der Waals surface area contributed by atoms with Gasteiger partial charge < -0.3 is 9.63 Å². The number of hydrogen-bond acceptors (Lipinski definition) is 6. The van der Waals surface area contributed by atoms with Crippen molar-refractivity contribution in [2.24, 2.45) is 0 Å². The minimum atomic E-state index is -0.640. The van der Waals surface area contributed by atoms with Gasteiger partial charge in [0.05, 0.1) is 4.92 Å². The van der Waals surface area contributed by atoms with Gasteiger partial charge in [-0.05, 0) is 24.1 Å². The second-order valence-corrected chi connectivity index (χ2v) is 4.14. The summed E-state index contributed by atoms with van der Waals surface area (Å²) in [6, 6.07) is 4.10. The maximum Gasteiger partial charge on any atom is 0.311 e. The summed E-state index contributed by atoms with van der Waals surface area (Å²) in [5.74, 6) is 0.600. The van der Waals surface area contributed by atoms with Gasteiger partial charge in [0.1, 0.15) is 0 Å². The zero-order valence-corrected chi connectivity index (χ0v) is 10.8. The first kappa shape index (κ1) is 13.7. The molecule has 0 unspecified atom stereocenters. The van der Waals surface area contributed by atoms with Crippen molar-refractivity contribution in [1.29, 1.82) is 0 Å². The van der Waals surface area contributed by atoms with Gasteiger partial charge in [0.15, 0.2) is 11.6 Å². The maximum absolute atomic E-state index is 10.7. The predicted octanol–water partition coefficient (Wildman–Crippen LogP) is 2.81. The lowest BCUT2D eigenvalue weighted by molar-refractivity contribution is -0.385. The van der Waals surface area contributed by atoms with Crippen molar-refractivity contribution in [2.45, 2.75) is 19.8 Å². The van der Waals surface area contributed by atoms with Gasteiger partial charge in [0.25, 0.3) is 5.89 Å². The quantitative estimate of drug-likeness (QED) is 0.664. The number of nitro benzene ring substituents is 1. The molecule has 7 heteroatoms. The third kappa shape index (κ3) is 3.19. The fraction of sp³-hybridized carbons (Fsp3) is 0.231. The Morgan fingerprint density at radius 2 is 2.25 bits per heavy atom. The van der Waals surface area contributed by atoms with Crippen LogP contribution in [0.25, 0.3) is 12.2 Å². The molecule has 20 heavy (non-hydrogen) atoms. The van der Waals surface area contributed by atoms with E-state index < -0.39 is 4.92 Å². The molecule has 0 aliphatic carbocycles. The smallest absolute Gasteiger partial charge is 0.311 e. The highest BCUT2D eigenvalue weighted by Gasteiger charge is 2.12. The molecule has 7 nitrogen and oxygen atoms in total. The normalized spacial score (nSPS) is 11.1. The van der Waals surface area contributed by atoms with Crippen LogP contribution in [0.1, 0.15) is 30.6 Å². The SMILES string of the molecule is CCCc1noc(C=Cc2ccc(O)c([N+](=O)[O-])c2)n1. The highest BCUT2D eigenvalue weighted by Crippen LogP contribution is 2.26. The molecule has 0 atom stereocenters. The van der Waals surface area contributed by atoms with Crippen LogP contribution < -0.4 is 0 Å². The fourth-order valence-corrected chi connectivity index (χ4v) is 1.62. The van der Waals surface area contributed by atoms with Crippen molar-refractivity contribution in [1.82, 2.24) is 10.1 Å². The van der Waals surface area contributed by atoms with Crippen LogP contribution in [0, 0.1) is 10.1 Å². The van der Waals surface area contributed by atoms with Crippen LogP contribution in [0.5, 0.6) is 5.75 Å². The third-order valence-corrected chi connectivity index (χ3v) is 2.57. The zero-order valence-electron chi connectivity index (χ0n) is 10.8. The lowest BCUT2D eigenvalue weighted by atomic mass is 10.2. The first-order valence-electron chi connectivity index (χ1n) is 6.08. The number of benzene rings is 1. The van der Waals surface area contributed by atoms with Crippen molar-refractivity contribution in [3.63, 3.8) is 0 Å². The summed E-state index contributed by atoms with van der Waals surface area (Å²) < 4.78 is 5.01. The molecule has 0 amide bonds. The largest absolute Gasteiger partial charge is 0.502 e. The van der Waals surface area contributed by atoms with E-state index in [2.05, 4.69) is 10.1 Å². The average molecular weight is 275 g/mol. The van der Waals surface area contributed by atoms with Crippen LogP contribution >= 0.6 is 0 Å². The van der Waals surface area contributed by atoms with Gasteiger partial charge in [0.2, 0.25) is 0 Å². The monoisotopic (exact) mass is 275 g/mol. The van der Waals surface area contributed by atoms with Gasteiger partial charge in [-0.1, -0.05) is 18.1 Å². The number of aromatic hydroxyl groups is 1. The highest BCUT2D eigenvalue weighted by atomic mass is 16.6. The summed E-state index contributed by atoms with van der Waals surface area (Å²) in [4.78, 5) is 14.2. The molecule has 0 aliphatic heterocycles. The first-order chi connectivity index (χ1) is 9.60. The number of aromatic nitrogens is 2. The molecule has 2 rings (SSSR count). The second-order valence-electron chi connectivity index (χ2n) is 4.14. The van der Waals surface area contributed by atoms with Crippen molar-refractivity contribution >= 4 is 17.8 Å². The molecule has 104 valence electrons. The van der Waals surface area contributed by atoms with Crippen molar-refractivity contribution in [3.05, 3.63) is 45.6 Å². The number of nitrogens with zero attached hydrogens (tertiary/aromatic N) is 3. The molecule has 1 heterocycles. The van der Waals surface area contributed by atoms with Gasteiger partial charge >= 0.3 is 5.69 Å². The Bertz CT molecular complexity index is 649. The third-order valence-electron chi connectivity index (χ3n) is 2.57. The minimum Gasteiger partial charge on any atom is -0.502 e. The van der Waals surface area contributed by atoms with E-state index in [1.165, 1.54) is 12.1 Å². The number of aryl methyl sites for hydroxylation is 1. The summed E-state index contributed by atoms with van der Waals surface area (Å²) in [5, 5.41) is 23.8. The molecular formula is C13H13N3O4. The summed E-state index contributed by atoms with van der Waals surface area (Å²) in [7, 11) is 0. The molecule has 1 aromatic heterocycles. The molecular weight excluding hydrogens is 262 g/mol. The fourth-order valence-electron chi connectivity index (χ4n) is 1.62. The Morgan fingerprint density at radius 3 is 2.95 bits per heavy atom. The minimum absolute atomic E-state index is 0.337. The standard InChI is InChI=1S/C13H13N3O4/c1-2-3-12-14-13(20-15-12)7-5-9-4-6-11(17)10(8-9)16(18)19/h4-8,17H,2-3H2,1H3.